The Labute approximate surface area is 159 Å². The van der Waals surface area contributed by atoms with E-state index < -0.39 is 6.36 Å². The van der Waals surface area contributed by atoms with Gasteiger partial charge in [-0.25, -0.2) is 4.98 Å². The third kappa shape index (κ3) is 5.59. The van der Waals surface area contributed by atoms with E-state index in [-0.39, 0.29) is 17.7 Å². The second kappa shape index (κ2) is 8.16. The number of benzene rings is 1. The summed E-state index contributed by atoms with van der Waals surface area (Å²) >= 11 is 1.66. The molecule has 1 aliphatic rings. The summed E-state index contributed by atoms with van der Waals surface area (Å²) in [4.78, 5) is 9.67. The largest absolute Gasteiger partial charge is 0.573 e. The number of guanidine groups is 1. The molecular formula is C18H21F3N4OS. The lowest BCUT2D eigenvalue weighted by molar-refractivity contribution is -0.274. The fraction of sp³-hybridized carbons (Fsp3) is 0.444. The third-order valence-electron chi connectivity index (χ3n) is 4.18. The van der Waals surface area contributed by atoms with E-state index in [1.165, 1.54) is 17.0 Å². The maximum Gasteiger partial charge on any atom is 0.573 e. The zero-order chi connectivity index (χ0) is 19.4. The smallest absolute Gasteiger partial charge is 0.405 e. The maximum absolute atomic E-state index is 12.6. The van der Waals surface area contributed by atoms with Crippen LogP contribution < -0.4 is 15.4 Å². The Bertz CT molecular complexity index is 806. The number of thiazole rings is 1. The van der Waals surface area contributed by atoms with Crippen molar-refractivity contribution in [1.29, 1.82) is 0 Å². The molecule has 3 rings (SSSR count). The summed E-state index contributed by atoms with van der Waals surface area (Å²) in [6.07, 6.45) is -1.33. The zero-order valence-corrected chi connectivity index (χ0v) is 15.8. The molecule has 0 bridgehead atoms. The summed E-state index contributed by atoms with van der Waals surface area (Å²) in [7, 11) is 1.67. The highest BCUT2D eigenvalue weighted by Crippen LogP contribution is 2.45. The average molecular weight is 398 g/mol. The number of nitrogens with zero attached hydrogens (tertiary/aromatic N) is 2. The van der Waals surface area contributed by atoms with Gasteiger partial charge in [0.1, 0.15) is 5.75 Å². The van der Waals surface area contributed by atoms with Gasteiger partial charge in [0.05, 0.1) is 5.01 Å². The molecule has 0 spiro atoms. The first kappa shape index (κ1) is 19.5. The number of hydrogen-bond acceptors (Lipinski definition) is 4. The van der Waals surface area contributed by atoms with E-state index in [0.717, 1.165) is 17.8 Å². The minimum Gasteiger partial charge on any atom is -0.405 e. The van der Waals surface area contributed by atoms with E-state index in [0.29, 0.717) is 18.1 Å². The average Bonchev–Trinajstić information content (AvgIpc) is 3.24. The van der Waals surface area contributed by atoms with Crippen LogP contribution >= 0.6 is 11.3 Å². The van der Waals surface area contributed by atoms with Crippen molar-refractivity contribution in [3.63, 3.8) is 0 Å². The van der Waals surface area contributed by atoms with Crippen molar-refractivity contribution < 1.29 is 17.9 Å². The van der Waals surface area contributed by atoms with Crippen molar-refractivity contribution in [2.75, 3.05) is 13.6 Å². The number of aliphatic imine (C=N–C) groups is 1. The molecule has 2 atom stereocenters. The number of ether oxygens (including phenoxy) is 1. The molecule has 0 aliphatic heterocycles. The fourth-order valence-electron chi connectivity index (χ4n) is 2.88. The highest BCUT2D eigenvalue weighted by atomic mass is 32.1. The van der Waals surface area contributed by atoms with E-state index in [1.54, 1.807) is 30.5 Å². The Morgan fingerprint density at radius 2 is 2.15 bits per heavy atom. The number of aromatic nitrogens is 1. The molecule has 0 saturated heterocycles. The van der Waals surface area contributed by atoms with Gasteiger partial charge in [0.25, 0.3) is 0 Å². The first-order chi connectivity index (χ1) is 12.9. The molecule has 1 aromatic heterocycles. The molecule has 1 aromatic carbocycles. The van der Waals surface area contributed by atoms with Crippen LogP contribution in [0.1, 0.15) is 27.8 Å². The van der Waals surface area contributed by atoms with E-state index in [1.807, 2.05) is 13.1 Å². The SMILES string of the molecule is CN=C(NCCc1ncc(C)s1)NC1CC1c1ccccc1OC(F)(F)F. The minimum atomic E-state index is -4.69. The lowest BCUT2D eigenvalue weighted by Gasteiger charge is -2.14. The predicted molar refractivity (Wildman–Crippen MR) is 99.3 cm³/mol. The Morgan fingerprint density at radius 3 is 2.81 bits per heavy atom. The fourth-order valence-corrected chi connectivity index (χ4v) is 3.66. The molecule has 1 aliphatic carbocycles. The molecule has 2 aromatic rings. The summed E-state index contributed by atoms with van der Waals surface area (Å²) < 4.78 is 41.9. The van der Waals surface area contributed by atoms with Gasteiger partial charge in [0, 0.05) is 43.0 Å². The molecule has 9 heteroatoms. The monoisotopic (exact) mass is 398 g/mol. The Morgan fingerprint density at radius 1 is 1.37 bits per heavy atom. The molecule has 1 heterocycles. The Balaban J connectivity index is 1.52. The van der Waals surface area contributed by atoms with Crippen LogP contribution in [-0.2, 0) is 6.42 Å². The normalized spacial score (nSPS) is 19.7. The number of nitrogens with one attached hydrogen (secondary N) is 2. The number of alkyl halides is 3. The van der Waals surface area contributed by atoms with Crippen molar-refractivity contribution in [2.24, 2.45) is 4.99 Å². The molecule has 5 nitrogen and oxygen atoms in total. The second-order valence-corrected chi connectivity index (χ2v) is 7.61. The highest BCUT2D eigenvalue weighted by molar-refractivity contribution is 7.11. The lowest BCUT2D eigenvalue weighted by Crippen LogP contribution is -2.39. The van der Waals surface area contributed by atoms with Crippen LogP contribution in [0.3, 0.4) is 0 Å². The lowest BCUT2D eigenvalue weighted by atomic mass is 10.1. The summed E-state index contributed by atoms with van der Waals surface area (Å²) in [6, 6.07) is 6.31. The van der Waals surface area contributed by atoms with Gasteiger partial charge < -0.3 is 15.4 Å². The zero-order valence-electron chi connectivity index (χ0n) is 15.0. The first-order valence-corrected chi connectivity index (χ1v) is 9.40. The van der Waals surface area contributed by atoms with E-state index in [2.05, 4.69) is 25.3 Å². The molecule has 146 valence electrons. The number of halogens is 3. The summed E-state index contributed by atoms with van der Waals surface area (Å²) in [5.74, 6) is 0.454. The highest BCUT2D eigenvalue weighted by Gasteiger charge is 2.42. The van der Waals surface area contributed by atoms with Gasteiger partial charge in [-0.1, -0.05) is 18.2 Å². The molecule has 2 N–H and O–H groups in total. The van der Waals surface area contributed by atoms with Gasteiger partial charge >= 0.3 is 6.36 Å². The van der Waals surface area contributed by atoms with Crippen LogP contribution in [0.2, 0.25) is 0 Å². The van der Waals surface area contributed by atoms with Gasteiger partial charge in [0.2, 0.25) is 0 Å². The Kier molecular flexibility index (Phi) is 5.88. The molecule has 27 heavy (non-hydrogen) atoms. The number of rotatable bonds is 6. The number of para-hydroxylation sites is 1. The van der Waals surface area contributed by atoms with Crippen molar-refractivity contribution in [3.8, 4) is 5.75 Å². The van der Waals surface area contributed by atoms with Gasteiger partial charge in [-0.3, -0.25) is 4.99 Å². The Hall–Kier alpha value is -2.29. The van der Waals surface area contributed by atoms with Crippen molar-refractivity contribution in [1.82, 2.24) is 15.6 Å². The van der Waals surface area contributed by atoms with Gasteiger partial charge in [-0.15, -0.1) is 24.5 Å². The van der Waals surface area contributed by atoms with Crippen LogP contribution in [0.15, 0.2) is 35.5 Å². The molecule has 1 saturated carbocycles. The third-order valence-corrected chi connectivity index (χ3v) is 5.15. The van der Waals surface area contributed by atoms with Gasteiger partial charge in [0.15, 0.2) is 5.96 Å². The number of aryl methyl sites for hydroxylation is 1. The maximum atomic E-state index is 12.6. The molecular weight excluding hydrogens is 377 g/mol. The molecule has 1 fully saturated rings. The minimum absolute atomic E-state index is 0.0243. The van der Waals surface area contributed by atoms with Gasteiger partial charge in [-0.2, -0.15) is 0 Å². The summed E-state index contributed by atoms with van der Waals surface area (Å²) in [6.45, 7) is 2.69. The van der Waals surface area contributed by atoms with E-state index in [9.17, 15) is 13.2 Å². The quantitative estimate of drug-likeness (QED) is 0.577. The molecule has 2 unspecified atom stereocenters. The first-order valence-electron chi connectivity index (χ1n) is 8.59. The van der Waals surface area contributed by atoms with Crippen LogP contribution in [-0.4, -0.2) is 36.9 Å². The van der Waals surface area contributed by atoms with Crippen molar-refractivity contribution in [2.45, 2.75) is 38.1 Å². The topological polar surface area (TPSA) is 58.5 Å². The standard InChI is InChI=1S/C18H21F3N4OS/c1-11-10-24-16(27-11)7-8-23-17(22-2)25-14-9-13(14)12-5-3-4-6-15(12)26-18(19,20)21/h3-6,10,13-14H,7-9H2,1-2H3,(H2,22,23,25). The molecule has 0 amide bonds. The van der Waals surface area contributed by atoms with Crippen LogP contribution in [0, 0.1) is 6.92 Å². The van der Waals surface area contributed by atoms with E-state index >= 15 is 0 Å². The van der Waals surface area contributed by atoms with Crippen LogP contribution in [0.5, 0.6) is 5.75 Å². The number of hydrogen-bond donors (Lipinski definition) is 2. The second-order valence-electron chi connectivity index (χ2n) is 6.29. The van der Waals surface area contributed by atoms with Crippen molar-refractivity contribution in [3.05, 3.63) is 45.9 Å². The van der Waals surface area contributed by atoms with Gasteiger partial charge in [-0.05, 0) is 25.0 Å². The van der Waals surface area contributed by atoms with Crippen LogP contribution in [0.25, 0.3) is 0 Å². The molecule has 0 radical (unpaired) electrons. The van der Waals surface area contributed by atoms with Crippen LogP contribution in [0.4, 0.5) is 13.2 Å². The summed E-state index contributed by atoms with van der Waals surface area (Å²) in [5, 5.41) is 7.53. The predicted octanol–water partition coefficient (Wildman–Crippen LogP) is 3.61. The van der Waals surface area contributed by atoms with Crippen molar-refractivity contribution >= 4 is 17.3 Å². The summed E-state index contributed by atoms with van der Waals surface area (Å²) in [5.41, 5.74) is 0.557. The van der Waals surface area contributed by atoms with E-state index in [4.69, 9.17) is 0 Å².